The van der Waals surface area contributed by atoms with Crippen LogP contribution in [0.25, 0.3) is 10.9 Å². The van der Waals surface area contributed by atoms with Gasteiger partial charge in [-0.25, -0.2) is 4.79 Å². The molecular formula is C19H25BrN2O2. The molecule has 1 aromatic heterocycles. The van der Waals surface area contributed by atoms with Gasteiger partial charge in [-0.3, -0.25) is 0 Å². The number of hydrogen-bond donors (Lipinski definition) is 0. The van der Waals surface area contributed by atoms with Crippen LogP contribution in [0.3, 0.4) is 0 Å². The topological polar surface area (TPSA) is 34.5 Å². The number of aromatic nitrogens is 1. The summed E-state index contributed by atoms with van der Waals surface area (Å²) in [5.74, 6) is 0.486. The standard InChI is InChI=1S/C19H25BrN2O2/c1-19(2,3)24-18(23)22-9-7-13(8-10-22)16-11-14-5-6-15(20)12-17(14)21(16)4/h5-6,11-13H,7-10H2,1-4H3. The van der Waals surface area contributed by atoms with Crippen molar-refractivity contribution in [1.29, 1.82) is 0 Å². The predicted octanol–water partition coefficient (Wildman–Crippen LogP) is 5.06. The molecule has 130 valence electrons. The van der Waals surface area contributed by atoms with Crippen LogP contribution in [0.15, 0.2) is 28.7 Å². The number of piperidine rings is 1. The number of nitrogens with zero attached hydrogens (tertiary/aromatic N) is 2. The molecule has 4 nitrogen and oxygen atoms in total. The van der Waals surface area contributed by atoms with E-state index in [2.05, 4.69) is 51.8 Å². The van der Waals surface area contributed by atoms with Gasteiger partial charge in [0.1, 0.15) is 5.60 Å². The summed E-state index contributed by atoms with van der Waals surface area (Å²) in [6, 6.07) is 8.68. The number of amides is 1. The van der Waals surface area contributed by atoms with Crippen LogP contribution in [0.4, 0.5) is 4.79 Å². The van der Waals surface area contributed by atoms with Gasteiger partial charge in [-0.05, 0) is 57.2 Å². The highest BCUT2D eigenvalue weighted by molar-refractivity contribution is 9.10. The highest BCUT2D eigenvalue weighted by Gasteiger charge is 2.28. The molecular weight excluding hydrogens is 368 g/mol. The van der Waals surface area contributed by atoms with Crippen molar-refractivity contribution in [3.63, 3.8) is 0 Å². The van der Waals surface area contributed by atoms with Gasteiger partial charge in [0.05, 0.1) is 0 Å². The number of halogens is 1. The summed E-state index contributed by atoms with van der Waals surface area (Å²) in [6.45, 7) is 7.23. The average Bonchev–Trinajstić information content (AvgIpc) is 2.83. The second-order valence-corrected chi connectivity index (χ2v) is 8.49. The van der Waals surface area contributed by atoms with Crippen LogP contribution in [0.2, 0.25) is 0 Å². The molecule has 2 aromatic rings. The van der Waals surface area contributed by atoms with E-state index in [1.165, 1.54) is 16.6 Å². The first-order chi connectivity index (χ1) is 11.2. The number of likely N-dealkylation sites (tertiary alicyclic amines) is 1. The van der Waals surface area contributed by atoms with Gasteiger partial charge in [-0.2, -0.15) is 0 Å². The zero-order chi connectivity index (χ0) is 17.5. The molecule has 1 fully saturated rings. The molecule has 0 radical (unpaired) electrons. The Morgan fingerprint density at radius 2 is 1.88 bits per heavy atom. The second-order valence-electron chi connectivity index (χ2n) is 7.57. The third-order valence-electron chi connectivity index (χ3n) is 4.61. The SMILES string of the molecule is Cn1c(C2CCN(C(=O)OC(C)(C)C)CC2)cc2ccc(Br)cc21. The fourth-order valence-corrected chi connectivity index (χ4v) is 3.75. The molecule has 2 heterocycles. The molecule has 0 atom stereocenters. The van der Waals surface area contributed by atoms with Gasteiger partial charge in [-0.1, -0.05) is 22.0 Å². The number of carbonyl (C=O) groups excluding carboxylic acids is 1. The van der Waals surface area contributed by atoms with Gasteiger partial charge in [0.15, 0.2) is 0 Å². The molecule has 0 bridgehead atoms. The molecule has 0 aliphatic carbocycles. The maximum absolute atomic E-state index is 12.2. The maximum Gasteiger partial charge on any atom is 0.410 e. The maximum atomic E-state index is 12.2. The Labute approximate surface area is 151 Å². The van der Waals surface area contributed by atoms with E-state index in [0.717, 1.165) is 30.4 Å². The van der Waals surface area contributed by atoms with E-state index >= 15 is 0 Å². The fourth-order valence-electron chi connectivity index (χ4n) is 3.40. The third-order valence-corrected chi connectivity index (χ3v) is 5.10. The number of benzene rings is 1. The fraction of sp³-hybridized carbons (Fsp3) is 0.526. The Bertz CT molecular complexity index is 753. The van der Waals surface area contributed by atoms with Gasteiger partial charge in [0.25, 0.3) is 0 Å². The van der Waals surface area contributed by atoms with E-state index in [1.54, 1.807) is 0 Å². The largest absolute Gasteiger partial charge is 0.444 e. The first kappa shape index (κ1) is 17.3. The van der Waals surface area contributed by atoms with Crippen molar-refractivity contribution in [1.82, 2.24) is 9.47 Å². The second kappa shape index (κ2) is 6.43. The van der Waals surface area contributed by atoms with Gasteiger partial charge < -0.3 is 14.2 Å². The van der Waals surface area contributed by atoms with Crippen molar-refractivity contribution in [3.8, 4) is 0 Å². The van der Waals surface area contributed by atoms with E-state index in [4.69, 9.17) is 4.74 Å². The molecule has 1 aliphatic heterocycles. The lowest BCUT2D eigenvalue weighted by Gasteiger charge is -2.33. The van der Waals surface area contributed by atoms with Gasteiger partial charge in [0, 0.05) is 41.7 Å². The van der Waals surface area contributed by atoms with E-state index in [0.29, 0.717) is 5.92 Å². The monoisotopic (exact) mass is 392 g/mol. The summed E-state index contributed by atoms with van der Waals surface area (Å²) < 4.78 is 8.86. The minimum atomic E-state index is -0.433. The average molecular weight is 393 g/mol. The zero-order valence-electron chi connectivity index (χ0n) is 14.8. The number of carbonyl (C=O) groups is 1. The molecule has 0 unspecified atom stereocenters. The van der Waals surface area contributed by atoms with E-state index in [1.807, 2.05) is 25.7 Å². The lowest BCUT2D eigenvalue weighted by Crippen LogP contribution is -2.41. The Balaban J connectivity index is 1.71. The number of aryl methyl sites for hydroxylation is 1. The van der Waals surface area contributed by atoms with Crippen LogP contribution in [0.1, 0.15) is 45.2 Å². The summed E-state index contributed by atoms with van der Waals surface area (Å²) in [5, 5.41) is 1.27. The molecule has 5 heteroatoms. The first-order valence-electron chi connectivity index (χ1n) is 8.47. The Morgan fingerprint density at radius 3 is 2.50 bits per heavy atom. The number of fused-ring (bicyclic) bond motifs is 1. The zero-order valence-corrected chi connectivity index (χ0v) is 16.4. The Morgan fingerprint density at radius 1 is 1.21 bits per heavy atom. The minimum absolute atomic E-state index is 0.193. The lowest BCUT2D eigenvalue weighted by atomic mass is 9.93. The van der Waals surface area contributed by atoms with Crippen molar-refractivity contribution < 1.29 is 9.53 Å². The molecule has 1 saturated heterocycles. The van der Waals surface area contributed by atoms with Crippen LogP contribution in [-0.4, -0.2) is 34.3 Å². The van der Waals surface area contributed by atoms with E-state index in [-0.39, 0.29) is 6.09 Å². The summed E-state index contributed by atoms with van der Waals surface area (Å²) >= 11 is 3.55. The van der Waals surface area contributed by atoms with E-state index in [9.17, 15) is 4.79 Å². The summed E-state index contributed by atoms with van der Waals surface area (Å²) in [4.78, 5) is 14.0. The van der Waals surface area contributed by atoms with Crippen molar-refractivity contribution >= 4 is 32.9 Å². The van der Waals surface area contributed by atoms with Crippen LogP contribution in [0, 0.1) is 0 Å². The molecule has 3 rings (SSSR count). The number of ether oxygens (including phenoxy) is 1. The third kappa shape index (κ3) is 3.61. The molecule has 0 spiro atoms. The predicted molar refractivity (Wildman–Crippen MR) is 100 cm³/mol. The molecule has 0 saturated carbocycles. The highest BCUT2D eigenvalue weighted by atomic mass is 79.9. The van der Waals surface area contributed by atoms with Crippen molar-refractivity contribution in [2.45, 2.75) is 45.1 Å². The van der Waals surface area contributed by atoms with Crippen LogP contribution >= 0.6 is 15.9 Å². The van der Waals surface area contributed by atoms with E-state index < -0.39 is 5.60 Å². The summed E-state index contributed by atoms with van der Waals surface area (Å²) in [7, 11) is 2.13. The molecule has 0 N–H and O–H groups in total. The van der Waals surface area contributed by atoms with Crippen LogP contribution < -0.4 is 0 Å². The highest BCUT2D eigenvalue weighted by Crippen LogP contribution is 2.33. The summed E-state index contributed by atoms with van der Waals surface area (Å²) in [5.41, 5.74) is 2.16. The Kier molecular flexibility index (Phi) is 4.65. The minimum Gasteiger partial charge on any atom is -0.444 e. The van der Waals surface area contributed by atoms with Crippen molar-refractivity contribution in [3.05, 3.63) is 34.4 Å². The smallest absolute Gasteiger partial charge is 0.410 e. The molecule has 24 heavy (non-hydrogen) atoms. The van der Waals surface area contributed by atoms with Gasteiger partial charge >= 0.3 is 6.09 Å². The van der Waals surface area contributed by atoms with Gasteiger partial charge in [0.2, 0.25) is 0 Å². The number of rotatable bonds is 1. The molecule has 1 aliphatic rings. The van der Waals surface area contributed by atoms with Gasteiger partial charge in [-0.15, -0.1) is 0 Å². The lowest BCUT2D eigenvalue weighted by molar-refractivity contribution is 0.0203. The van der Waals surface area contributed by atoms with Crippen LogP contribution in [0.5, 0.6) is 0 Å². The molecule has 1 aromatic carbocycles. The number of hydrogen-bond acceptors (Lipinski definition) is 2. The summed E-state index contributed by atoms with van der Waals surface area (Å²) in [6.07, 6.45) is 1.76. The normalized spacial score (nSPS) is 16.6. The van der Waals surface area contributed by atoms with Crippen molar-refractivity contribution in [2.75, 3.05) is 13.1 Å². The van der Waals surface area contributed by atoms with Crippen molar-refractivity contribution in [2.24, 2.45) is 7.05 Å². The molecule has 1 amide bonds. The van der Waals surface area contributed by atoms with Crippen LogP contribution in [-0.2, 0) is 11.8 Å². The first-order valence-corrected chi connectivity index (χ1v) is 9.27. The Hall–Kier alpha value is -1.49. The quantitative estimate of drug-likeness (QED) is 0.679.